The third-order valence-electron chi connectivity index (χ3n) is 8.75. The number of aromatic amines is 1. The summed E-state index contributed by atoms with van der Waals surface area (Å²) in [6.45, 7) is 3.79. The van der Waals surface area contributed by atoms with Crippen LogP contribution in [0, 0.1) is 13.8 Å². The zero-order valence-corrected chi connectivity index (χ0v) is 29.2. The molecule has 3 N–H and O–H groups in total. The summed E-state index contributed by atoms with van der Waals surface area (Å²) in [4.78, 5) is 50.7. The van der Waals surface area contributed by atoms with Crippen LogP contribution in [0.4, 0.5) is 0 Å². The number of likely N-dealkylation sites (N-methyl/N-ethyl adjacent to an activating group) is 1. The number of nitrogens with one attached hydrogen (secondary N) is 3. The average Bonchev–Trinajstić information content (AvgIpc) is 3.81. The molecule has 0 radical (unpaired) electrons. The third-order valence-corrected chi connectivity index (χ3v) is 10.1. The normalized spacial score (nSPS) is 12.6. The fraction of sp³-hybridized carbons (Fsp3) is 0.179. The number of fused-ring (bicyclic) bond motifs is 1. The highest BCUT2D eigenvalue weighted by Gasteiger charge is 2.33. The molecule has 0 aliphatic carbocycles. The lowest BCUT2D eigenvalue weighted by molar-refractivity contribution is -0.130. The largest absolute Gasteiger partial charge is 0.361 e. The predicted octanol–water partition coefficient (Wildman–Crippen LogP) is 4.89. The topological polar surface area (TPSA) is 146 Å². The number of hydrogen-bond donors (Lipinski definition) is 3. The van der Waals surface area contributed by atoms with Crippen LogP contribution in [0.25, 0.3) is 16.6 Å². The van der Waals surface area contributed by atoms with E-state index < -0.39 is 33.9 Å². The van der Waals surface area contributed by atoms with Crippen molar-refractivity contribution in [3.05, 3.63) is 150 Å². The van der Waals surface area contributed by atoms with Crippen LogP contribution < -0.4 is 10.0 Å². The molecule has 2 atom stereocenters. The lowest BCUT2D eigenvalue weighted by atomic mass is 10.00. The van der Waals surface area contributed by atoms with E-state index in [9.17, 15) is 22.8 Å². The third kappa shape index (κ3) is 8.08. The van der Waals surface area contributed by atoms with Gasteiger partial charge in [0, 0.05) is 60.6 Å². The molecule has 0 aliphatic rings. The Hall–Kier alpha value is -6.01. The summed E-state index contributed by atoms with van der Waals surface area (Å²) >= 11 is 0. The number of sulfonamides is 1. The van der Waals surface area contributed by atoms with Crippen LogP contribution in [0.3, 0.4) is 0 Å². The van der Waals surface area contributed by atoms with E-state index in [0.29, 0.717) is 11.1 Å². The van der Waals surface area contributed by atoms with Gasteiger partial charge in [-0.15, -0.1) is 0 Å². The van der Waals surface area contributed by atoms with Crippen molar-refractivity contribution in [1.82, 2.24) is 29.5 Å². The number of nitrogens with zero attached hydrogens (tertiary/aromatic N) is 3. The van der Waals surface area contributed by atoms with E-state index in [4.69, 9.17) is 0 Å². The molecule has 2 heterocycles. The first kappa shape index (κ1) is 34.8. The molecule has 2 unspecified atom stereocenters. The number of amides is 3. The Labute approximate surface area is 296 Å². The van der Waals surface area contributed by atoms with Crippen molar-refractivity contribution in [2.24, 2.45) is 0 Å². The van der Waals surface area contributed by atoms with Gasteiger partial charge in [0.2, 0.25) is 5.91 Å². The Morgan fingerprint density at radius 2 is 1.55 bits per heavy atom. The number of aryl methyl sites for hydroxylation is 2. The average molecular weight is 703 g/mol. The number of H-pyrrole nitrogens is 1. The minimum atomic E-state index is -4.26. The summed E-state index contributed by atoms with van der Waals surface area (Å²) in [7, 11) is -2.70. The van der Waals surface area contributed by atoms with Crippen molar-refractivity contribution >= 4 is 38.6 Å². The zero-order chi connectivity index (χ0) is 36.1. The molecule has 0 aliphatic heterocycles. The molecular formula is C39H38N6O5S. The molecule has 3 amide bonds. The van der Waals surface area contributed by atoms with E-state index in [1.54, 1.807) is 56.1 Å². The standard InChI is InChI=1S/C39H38N6O5S/c1-26-19-27(2)21-29(20-26)39(48)44(3)36(22-28-13-15-31(16-14-28)45-18-17-40-25-45)38(47)42-35(23-30-24-41-34-12-8-7-11-33(30)34)37(46)43-51(49,50)32-9-5-4-6-10-32/h4-21,24-25,35-36,41H,22-23H2,1-3H3,(H,42,47)(H,43,46). The van der Waals surface area contributed by atoms with Crippen LogP contribution in [-0.4, -0.2) is 64.7 Å². The molecule has 260 valence electrons. The Kier molecular flexibility index (Phi) is 10.1. The molecule has 0 fully saturated rings. The molecule has 12 heteroatoms. The number of benzene rings is 4. The Morgan fingerprint density at radius 1 is 0.863 bits per heavy atom. The van der Waals surface area contributed by atoms with Crippen molar-refractivity contribution < 1.29 is 22.8 Å². The second kappa shape index (κ2) is 14.9. The van der Waals surface area contributed by atoms with Gasteiger partial charge in [0.05, 0.1) is 11.2 Å². The molecular weight excluding hydrogens is 665 g/mol. The van der Waals surface area contributed by atoms with Crippen molar-refractivity contribution in [1.29, 1.82) is 0 Å². The molecule has 6 rings (SSSR count). The number of hydrogen-bond acceptors (Lipinski definition) is 6. The van der Waals surface area contributed by atoms with Crippen molar-refractivity contribution in [3.8, 4) is 5.69 Å². The van der Waals surface area contributed by atoms with Crippen molar-refractivity contribution in [2.45, 2.75) is 43.7 Å². The summed E-state index contributed by atoms with van der Waals surface area (Å²) in [5, 5.41) is 3.65. The van der Waals surface area contributed by atoms with E-state index >= 15 is 0 Å². The highest BCUT2D eigenvalue weighted by atomic mass is 32.2. The maximum atomic E-state index is 14.4. The first-order chi connectivity index (χ1) is 24.5. The summed E-state index contributed by atoms with van der Waals surface area (Å²) in [6.07, 6.45) is 7.00. The molecule has 0 saturated carbocycles. The molecule has 51 heavy (non-hydrogen) atoms. The van der Waals surface area contributed by atoms with Gasteiger partial charge in [0.15, 0.2) is 0 Å². The fourth-order valence-electron chi connectivity index (χ4n) is 6.15. The van der Waals surface area contributed by atoms with Gasteiger partial charge in [0.25, 0.3) is 21.8 Å². The number of carbonyl (C=O) groups excluding carboxylic acids is 3. The van der Waals surface area contributed by atoms with Crippen molar-refractivity contribution in [2.75, 3.05) is 7.05 Å². The monoisotopic (exact) mass is 702 g/mol. The molecule has 4 aromatic carbocycles. The van der Waals surface area contributed by atoms with Crippen LogP contribution >= 0.6 is 0 Å². The summed E-state index contributed by atoms with van der Waals surface area (Å²) in [5.74, 6) is -1.91. The SMILES string of the molecule is Cc1cc(C)cc(C(=O)N(C)C(Cc2ccc(-n3ccnc3)cc2)C(=O)NC(Cc2c[nH]c3ccccc23)C(=O)NS(=O)(=O)c2ccccc2)c1. The van der Waals surface area contributed by atoms with Gasteiger partial charge in [0.1, 0.15) is 12.1 Å². The first-order valence-corrected chi connectivity index (χ1v) is 17.9. The number of rotatable bonds is 12. The highest BCUT2D eigenvalue weighted by molar-refractivity contribution is 7.90. The van der Waals surface area contributed by atoms with Crippen LogP contribution in [0.1, 0.15) is 32.6 Å². The summed E-state index contributed by atoms with van der Waals surface area (Å²) in [6, 6.07) is 25.7. The van der Waals surface area contributed by atoms with E-state index in [-0.39, 0.29) is 23.6 Å². The lowest BCUT2D eigenvalue weighted by Gasteiger charge is -2.29. The number of para-hydroxylation sites is 1. The van der Waals surface area contributed by atoms with Crippen LogP contribution in [0.5, 0.6) is 0 Å². The molecule has 0 saturated heterocycles. The van der Waals surface area contributed by atoms with E-state index in [2.05, 4.69) is 20.0 Å². The molecule has 0 spiro atoms. The van der Waals surface area contributed by atoms with Crippen LogP contribution in [0.15, 0.2) is 127 Å². The minimum absolute atomic E-state index is 0.0209. The van der Waals surface area contributed by atoms with Crippen LogP contribution in [0.2, 0.25) is 0 Å². The summed E-state index contributed by atoms with van der Waals surface area (Å²) in [5.41, 5.74) is 5.39. The Bertz CT molecular complexity index is 2260. The zero-order valence-electron chi connectivity index (χ0n) is 28.4. The van der Waals surface area contributed by atoms with Gasteiger partial charge in [-0.05, 0) is 67.4 Å². The molecule has 2 aromatic heterocycles. The quantitative estimate of drug-likeness (QED) is 0.166. The lowest BCUT2D eigenvalue weighted by Crippen LogP contribution is -2.56. The number of aromatic nitrogens is 3. The smallest absolute Gasteiger partial charge is 0.264 e. The number of imidazole rings is 1. The molecule has 6 aromatic rings. The van der Waals surface area contributed by atoms with E-state index in [0.717, 1.165) is 33.3 Å². The van der Waals surface area contributed by atoms with E-state index in [1.165, 1.54) is 17.0 Å². The number of carbonyl (C=O) groups is 3. The van der Waals surface area contributed by atoms with Gasteiger partial charge in [-0.3, -0.25) is 14.4 Å². The maximum absolute atomic E-state index is 14.4. The van der Waals surface area contributed by atoms with Gasteiger partial charge in [-0.2, -0.15) is 0 Å². The second-order valence-corrected chi connectivity index (χ2v) is 14.2. The Balaban J connectivity index is 1.33. The maximum Gasteiger partial charge on any atom is 0.264 e. The van der Waals surface area contributed by atoms with Gasteiger partial charge in [-0.25, -0.2) is 18.1 Å². The predicted molar refractivity (Wildman–Crippen MR) is 195 cm³/mol. The second-order valence-electron chi connectivity index (χ2n) is 12.6. The first-order valence-electron chi connectivity index (χ1n) is 16.4. The minimum Gasteiger partial charge on any atom is -0.361 e. The van der Waals surface area contributed by atoms with Gasteiger partial charge in [-0.1, -0.05) is 65.7 Å². The van der Waals surface area contributed by atoms with Crippen molar-refractivity contribution in [3.63, 3.8) is 0 Å². The van der Waals surface area contributed by atoms with Gasteiger partial charge >= 0.3 is 0 Å². The fourth-order valence-corrected chi connectivity index (χ4v) is 7.19. The molecule has 11 nitrogen and oxygen atoms in total. The molecule has 0 bridgehead atoms. The van der Waals surface area contributed by atoms with Gasteiger partial charge < -0.3 is 19.8 Å². The highest BCUT2D eigenvalue weighted by Crippen LogP contribution is 2.21. The Morgan fingerprint density at radius 3 is 2.24 bits per heavy atom. The van der Waals surface area contributed by atoms with Crippen LogP contribution in [-0.2, 0) is 32.5 Å². The van der Waals surface area contributed by atoms with E-state index in [1.807, 2.05) is 79.2 Å². The summed E-state index contributed by atoms with van der Waals surface area (Å²) < 4.78 is 30.5.